The van der Waals surface area contributed by atoms with E-state index in [1.807, 2.05) is 6.07 Å². The third kappa shape index (κ3) is 5.07. The fraction of sp³-hybridized carbons (Fsp3) is 0.464. The predicted molar refractivity (Wildman–Crippen MR) is 139 cm³/mol. The van der Waals surface area contributed by atoms with Gasteiger partial charge < -0.3 is 30.0 Å². The zero-order valence-corrected chi connectivity index (χ0v) is 21.2. The smallest absolute Gasteiger partial charge is 0.395 e. The van der Waals surface area contributed by atoms with E-state index in [-0.39, 0.29) is 32.1 Å². The molecule has 2 heterocycles. The first-order chi connectivity index (χ1) is 17.9. The predicted octanol–water partition coefficient (Wildman–Crippen LogP) is 5.98. The number of aliphatic hydroxyl groups is 2. The van der Waals surface area contributed by atoms with Gasteiger partial charge in [-0.05, 0) is 55.5 Å². The Hall–Kier alpha value is -3.24. The van der Waals surface area contributed by atoms with Crippen LogP contribution in [0.5, 0.6) is 11.5 Å². The third-order valence-electron chi connectivity index (χ3n) is 7.62. The third-order valence-corrected chi connectivity index (χ3v) is 7.62. The van der Waals surface area contributed by atoms with Crippen LogP contribution in [0.2, 0.25) is 0 Å². The first kappa shape index (κ1) is 26.4. The highest BCUT2D eigenvalue weighted by atomic mass is 19.3. The Labute approximate surface area is 220 Å². The van der Waals surface area contributed by atoms with E-state index in [0.29, 0.717) is 30.3 Å². The van der Waals surface area contributed by atoms with Crippen LogP contribution in [0, 0.1) is 5.82 Å². The number of unbranched alkanes of at least 4 members (excludes halogenated alkanes) is 1. The number of fused-ring (bicyclic) bond motifs is 2. The summed E-state index contributed by atoms with van der Waals surface area (Å²) in [7, 11) is 0. The molecule has 38 heavy (non-hydrogen) atoms. The van der Waals surface area contributed by atoms with E-state index in [2.05, 4.69) is 33.6 Å². The normalized spacial score (nSPS) is 18.0. The number of halogens is 3. The molecule has 7 nitrogen and oxygen atoms in total. The van der Waals surface area contributed by atoms with Crippen molar-refractivity contribution in [2.45, 2.75) is 75.6 Å². The minimum atomic E-state index is -3.75. The maximum absolute atomic E-state index is 15.0. The Bertz CT molecular complexity index is 1380. The second-order valence-electron chi connectivity index (χ2n) is 10.9. The standard InChI is InChI=1S/C28H31F3N2O5.2H2/c1-26(2,8-4-3-5-18(35)15-34)24-12-16-11-21(19(29)14-20(16)32-24)33-25(36)27(9-10-27)17-6-7-22-23(13-17)38-28(30,31)37-22;;/h6-7,11-14,18,32,34-35H,3-5,8-10,15H2,1-2H3,(H,33,36);2*1H/t18-;;/m1../s1. The van der Waals surface area contributed by atoms with E-state index in [1.54, 1.807) is 12.1 Å². The molecule has 0 bridgehead atoms. The second kappa shape index (κ2) is 9.50. The van der Waals surface area contributed by atoms with E-state index in [9.17, 15) is 18.7 Å². The quantitative estimate of drug-likeness (QED) is 0.239. The van der Waals surface area contributed by atoms with Crippen LogP contribution >= 0.6 is 0 Å². The number of carbonyl (C=O) groups is 1. The lowest BCUT2D eigenvalue weighted by Crippen LogP contribution is -2.28. The van der Waals surface area contributed by atoms with Gasteiger partial charge in [0.05, 0.1) is 23.8 Å². The largest absolute Gasteiger partial charge is 0.586 e. The number of carbonyl (C=O) groups excluding carboxylic acids is 1. The van der Waals surface area contributed by atoms with Crippen molar-refractivity contribution in [3.63, 3.8) is 0 Å². The van der Waals surface area contributed by atoms with Crippen LogP contribution in [0.1, 0.15) is 66.5 Å². The van der Waals surface area contributed by atoms with Crippen molar-refractivity contribution in [2.24, 2.45) is 0 Å². The first-order valence-electron chi connectivity index (χ1n) is 12.8. The maximum Gasteiger partial charge on any atom is 0.586 e. The molecule has 3 aromatic rings. The van der Waals surface area contributed by atoms with E-state index in [1.165, 1.54) is 18.2 Å². The van der Waals surface area contributed by atoms with Crippen molar-refractivity contribution in [1.29, 1.82) is 0 Å². The Morgan fingerprint density at radius 1 is 1.16 bits per heavy atom. The van der Waals surface area contributed by atoms with Crippen LogP contribution in [0.15, 0.2) is 36.4 Å². The van der Waals surface area contributed by atoms with Gasteiger partial charge in [0.15, 0.2) is 11.5 Å². The molecule has 5 rings (SSSR count). The SMILES string of the molecule is CC(C)(CCCC[C@@H](O)CO)c1cc2cc(NC(=O)C3(c4ccc5c(c4)OC(F)(F)O5)CC3)c(F)cc2[nH]1.[HH].[HH]. The monoisotopic (exact) mass is 536 g/mol. The van der Waals surface area contributed by atoms with Crippen LogP contribution in [-0.4, -0.2) is 40.1 Å². The van der Waals surface area contributed by atoms with Crippen LogP contribution in [0.25, 0.3) is 10.9 Å². The fourth-order valence-corrected chi connectivity index (χ4v) is 5.05. The highest BCUT2D eigenvalue weighted by Crippen LogP contribution is 2.52. The minimum absolute atomic E-state index is 0. The Kier molecular flexibility index (Phi) is 6.59. The average Bonchev–Trinajstić information content (AvgIpc) is 3.47. The van der Waals surface area contributed by atoms with Gasteiger partial charge in [-0.15, -0.1) is 8.78 Å². The van der Waals surface area contributed by atoms with Crippen LogP contribution in [-0.2, 0) is 15.6 Å². The van der Waals surface area contributed by atoms with Gasteiger partial charge in [0.1, 0.15) is 5.82 Å². The molecule has 1 aliphatic carbocycles. The Morgan fingerprint density at radius 2 is 1.89 bits per heavy atom. The van der Waals surface area contributed by atoms with E-state index >= 15 is 4.39 Å². The topological polar surface area (TPSA) is 104 Å². The number of nitrogens with one attached hydrogen (secondary N) is 2. The molecular formula is C28H35F3N2O5. The molecule has 1 amide bonds. The molecule has 4 N–H and O–H groups in total. The average molecular weight is 537 g/mol. The number of alkyl halides is 2. The van der Waals surface area contributed by atoms with Crippen molar-refractivity contribution in [1.82, 2.24) is 4.98 Å². The second-order valence-corrected chi connectivity index (χ2v) is 10.9. The number of amides is 1. The molecule has 0 spiro atoms. The molecule has 1 aliphatic heterocycles. The van der Waals surface area contributed by atoms with E-state index in [0.717, 1.165) is 30.3 Å². The van der Waals surface area contributed by atoms with Gasteiger partial charge in [-0.25, -0.2) is 4.39 Å². The van der Waals surface area contributed by atoms with Crippen molar-refractivity contribution in [3.8, 4) is 11.5 Å². The van der Waals surface area contributed by atoms with Crippen LogP contribution in [0.4, 0.5) is 18.9 Å². The van der Waals surface area contributed by atoms with E-state index in [4.69, 9.17) is 5.11 Å². The van der Waals surface area contributed by atoms with Gasteiger partial charge in [0, 0.05) is 30.9 Å². The number of aliphatic hydroxyl groups excluding tert-OH is 2. The summed E-state index contributed by atoms with van der Waals surface area (Å²) < 4.78 is 50.8. The summed E-state index contributed by atoms with van der Waals surface area (Å²) in [6.45, 7) is 3.92. The van der Waals surface area contributed by atoms with Crippen molar-refractivity contribution >= 4 is 22.5 Å². The summed E-state index contributed by atoms with van der Waals surface area (Å²) in [4.78, 5) is 16.5. The summed E-state index contributed by atoms with van der Waals surface area (Å²) in [6, 6.07) is 9.17. The first-order valence-corrected chi connectivity index (χ1v) is 12.8. The molecule has 10 heteroatoms. The number of benzene rings is 2. The molecule has 1 aromatic heterocycles. The molecule has 0 radical (unpaired) electrons. The number of anilines is 1. The van der Waals surface area contributed by atoms with Gasteiger partial charge in [-0.3, -0.25) is 4.79 Å². The molecule has 0 saturated heterocycles. The zero-order chi connectivity index (χ0) is 27.3. The molecule has 208 valence electrons. The van der Waals surface area contributed by atoms with Gasteiger partial charge in [-0.1, -0.05) is 32.8 Å². The Morgan fingerprint density at radius 3 is 2.61 bits per heavy atom. The number of ether oxygens (including phenoxy) is 2. The molecule has 2 aromatic carbocycles. The molecular weight excluding hydrogens is 501 g/mol. The molecule has 1 saturated carbocycles. The van der Waals surface area contributed by atoms with Gasteiger partial charge in [0.2, 0.25) is 5.91 Å². The number of H-pyrrole nitrogens is 1. The lowest BCUT2D eigenvalue weighted by atomic mass is 9.83. The summed E-state index contributed by atoms with van der Waals surface area (Å²) in [5, 5.41) is 21.9. The highest BCUT2D eigenvalue weighted by molar-refractivity contribution is 6.02. The van der Waals surface area contributed by atoms with Crippen molar-refractivity contribution in [3.05, 3.63) is 53.5 Å². The maximum atomic E-state index is 15.0. The minimum Gasteiger partial charge on any atom is -0.395 e. The number of rotatable bonds is 10. The van der Waals surface area contributed by atoms with Gasteiger partial charge in [0.25, 0.3) is 0 Å². The summed E-state index contributed by atoms with van der Waals surface area (Å²) >= 11 is 0. The molecule has 2 aliphatic rings. The molecule has 1 atom stereocenters. The summed E-state index contributed by atoms with van der Waals surface area (Å²) in [5.74, 6) is -1.23. The lowest BCUT2D eigenvalue weighted by Gasteiger charge is -2.23. The zero-order valence-electron chi connectivity index (χ0n) is 21.2. The number of aromatic nitrogens is 1. The Balaban J connectivity index is 0.00000220. The lowest BCUT2D eigenvalue weighted by molar-refractivity contribution is -0.286. The van der Waals surface area contributed by atoms with E-state index < -0.39 is 29.5 Å². The summed E-state index contributed by atoms with van der Waals surface area (Å²) in [6.07, 6.45) is -0.453. The summed E-state index contributed by atoms with van der Waals surface area (Å²) in [5.41, 5.74) is 0.895. The van der Waals surface area contributed by atoms with Gasteiger partial charge >= 0.3 is 6.29 Å². The highest BCUT2D eigenvalue weighted by Gasteiger charge is 2.53. The van der Waals surface area contributed by atoms with Crippen molar-refractivity contribution in [2.75, 3.05) is 11.9 Å². The van der Waals surface area contributed by atoms with Crippen LogP contribution in [0.3, 0.4) is 0 Å². The number of hydrogen-bond acceptors (Lipinski definition) is 5. The molecule has 1 fully saturated rings. The van der Waals surface area contributed by atoms with Crippen LogP contribution < -0.4 is 14.8 Å². The fourth-order valence-electron chi connectivity index (χ4n) is 5.05. The molecule has 0 unspecified atom stereocenters. The van der Waals surface area contributed by atoms with Gasteiger partial charge in [-0.2, -0.15) is 0 Å². The number of hydrogen-bond donors (Lipinski definition) is 4. The van der Waals surface area contributed by atoms with Crippen molar-refractivity contribution < 1.29 is 40.5 Å². The number of aromatic amines is 1.